The van der Waals surface area contributed by atoms with E-state index >= 15 is 0 Å². The Morgan fingerprint density at radius 3 is 2.49 bits per heavy atom. The summed E-state index contributed by atoms with van der Waals surface area (Å²) >= 11 is 0. The molecule has 4 aliphatic rings. The van der Waals surface area contributed by atoms with E-state index in [1.54, 1.807) is 42.5 Å². The van der Waals surface area contributed by atoms with E-state index < -0.39 is 29.9 Å². The van der Waals surface area contributed by atoms with Crippen LogP contribution in [0.4, 0.5) is 47.6 Å². The molecule has 3 aliphatic heterocycles. The van der Waals surface area contributed by atoms with Gasteiger partial charge in [0, 0.05) is 111 Å². The third-order valence-corrected chi connectivity index (χ3v) is 13.8. The molecule has 1 aromatic carbocycles. The zero-order valence-electron chi connectivity index (χ0n) is 38.4. The normalized spacial score (nSPS) is 20.7. The van der Waals surface area contributed by atoms with Crippen molar-refractivity contribution in [3.05, 3.63) is 112 Å². The lowest BCUT2D eigenvalue weighted by molar-refractivity contribution is -0.141. The number of hydrogen-bond acceptors (Lipinski definition) is 11. The Bertz CT molecular complexity index is 2820. The van der Waals surface area contributed by atoms with Gasteiger partial charge < -0.3 is 34.7 Å². The third-order valence-electron chi connectivity index (χ3n) is 13.8. The van der Waals surface area contributed by atoms with E-state index in [1.807, 2.05) is 23.1 Å². The Balaban J connectivity index is 0.924. The van der Waals surface area contributed by atoms with Gasteiger partial charge in [0.25, 0.3) is 11.5 Å². The second kappa shape index (κ2) is 17.6. The van der Waals surface area contributed by atoms with Crippen molar-refractivity contribution in [2.75, 3.05) is 58.1 Å². The van der Waals surface area contributed by atoms with Crippen LogP contribution in [-0.4, -0.2) is 96.8 Å². The van der Waals surface area contributed by atoms with Crippen LogP contribution in [-0.2, 0) is 44.0 Å². The number of rotatable bonds is 10. The van der Waals surface area contributed by atoms with Gasteiger partial charge in [-0.15, -0.1) is 0 Å². The summed E-state index contributed by atoms with van der Waals surface area (Å²) in [4.78, 5) is 61.7. The van der Waals surface area contributed by atoms with E-state index in [-0.39, 0.29) is 35.3 Å². The lowest BCUT2D eigenvalue weighted by Gasteiger charge is -2.48. The molecule has 67 heavy (non-hydrogen) atoms. The minimum Gasteiger partial charge on any atom is -0.392 e. The van der Waals surface area contributed by atoms with Crippen LogP contribution >= 0.6 is 0 Å². The minimum atomic E-state index is -4.51. The molecule has 18 heteroatoms. The van der Waals surface area contributed by atoms with Crippen LogP contribution in [0.25, 0.3) is 11.3 Å². The maximum absolute atomic E-state index is 14.0. The molecule has 5 aromatic rings. The Morgan fingerprint density at radius 2 is 1.76 bits per heavy atom. The number of alkyl halides is 3. The second-order valence-electron chi connectivity index (χ2n) is 19.0. The average molecular weight is 920 g/mol. The molecule has 352 valence electrons. The molecule has 7 heterocycles. The fraction of sp³-hybridized carbons (Fsp3) is 0.429. The van der Waals surface area contributed by atoms with E-state index in [1.165, 1.54) is 28.1 Å². The minimum absolute atomic E-state index is 0.00676. The number of piperazine rings is 1. The molecule has 0 spiro atoms. The van der Waals surface area contributed by atoms with Gasteiger partial charge in [0.05, 0.1) is 23.7 Å². The number of hydrogen-bond donors (Lipinski definition) is 3. The number of halogens is 3. The number of nitrogens with one attached hydrogen (secondary N) is 2. The summed E-state index contributed by atoms with van der Waals surface area (Å²) in [6.45, 7) is 15.6. The van der Waals surface area contributed by atoms with Crippen molar-refractivity contribution in [1.29, 1.82) is 0 Å². The van der Waals surface area contributed by atoms with Crippen LogP contribution in [0.2, 0.25) is 0 Å². The van der Waals surface area contributed by atoms with Gasteiger partial charge in [0.1, 0.15) is 17.2 Å². The van der Waals surface area contributed by atoms with Gasteiger partial charge in [0.15, 0.2) is 5.82 Å². The fourth-order valence-corrected chi connectivity index (χ4v) is 10.6. The number of nitrogens with zero attached hydrogens (tertiary/aromatic N) is 9. The van der Waals surface area contributed by atoms with Crippen molar-refractivity contribution in [2.45, 2.75) is 90.8 Å². The first-order chi connectivity index (χ1) is 31.9. The van der Waals surface area contributed by atoms with Gasteiger partial charge in [-0.3, -0.25) is 29.2 Å². The molecule has 3 atom stereocenters. The van der Waals surface area contributed by atoms with E-state index in [2.05, 4.69) is 69.2 Å². The molecule has 2 saturated heterocycles. The largest absolute Gasteiger partial charge is 0.433 e. The maximum Gasteiger partial charge on any atom is 0.433 e. The van der Waals surface area contributed by atoms with Gasteiger partial charge >= 0.3 is 6.18 Å². The standard InChI is InChI=1S/C49H56F3N11O4/c1-7-43(65)56-37-22-32(8-9-39(37)61-17-16-59(26-30(61)3)33-12-15-60(29(2)20-33)34-10-13-53-42(23-34)49(50,51)52)55-44-47(67)58(6)27-38(57-44)35-11-14-54-45(36(35)28-64)63-19-18-62-40(46(63)66)21-31-24-48(4,5)25-41(31)62/h7-11,13-14,21-23,27,29-30,33,64H,1,12,15-20,24-26,28H2,2-6H3,(H,55,57)(H,56,65)/t29-,30+,33?/m1/s1. The summed E-state index contributed by atoms with van der Waals surface area (Å²) in [5.41, 5.74) is 5.48. The van der Waals surface area contributed by atoms with Crippen molar-refractivity contribution in [3.8, 4) is 11.3 Å². The first kappa shape index (κ1) is 45.6. The van der Waals surface area contributed by atoms with Crippen molar-refractivity contribution >= 4 is 46.2 Å². The first-order valence-corrected chi connectivity index (χ1v) is 22.8. The molecule has 2 fully saturated rings. The molecular formula is C49H56F3N11O4. The van der Waals surface area contributed by atoms with Crippen LogP contribution in [0.3, 0.4) is 0 Å². The molecule has 9 rings (SSSR count). The topological polar surface area (TPSA) is 157 Å². The Hall–Kier alpha value is -6.53. The summed E-state index contributed by atoms with van der Waals surface area (Å²) in [7, 11) is 1.61. The van der Waals surface area contributed by atoms with Crippen LogP contribution in [0.5, 0.6) is 0 Å². The molecule has 1 aliphatic carbocycles. The van der Waals surface area contributed by atoms with E-state index in [9.17, 15) is 32.7 Å². The molecule has 2 amide bonds. The fourth-order valence-electron chi connectivity index (χ4n) is 10.6. The van der Waals surface area contributed by atoms with Crippen LogP contribution < -0.4 is 30.9 Å². The number of aromatic nitrogens is 5. The van der Waals surface area contributed by atoms with Crippen molar-refractivity contribution in [3.63, 3.8) is 0 Å². The van der Waals surface area contributed by atoms with Gasteiger partial charge in [-0.2, -0.15) is 13.2 Å². The summed E-state index contributed by atoms with van der Waals surface area (Å²) in [5, 5.41) is 17.0. The van der Waals surface area contributed by atoms with Crippen LogP contribution in [0.15, 0.2) is 78.5 Å². The average Bonchev–Trinajstić information content (AvgIpc) is 3.79. The molecule has 0 radical (unpaired) electrons. The number of pyridine rings is 2. The van der Waals surface area contributed by atoms with Gasteiger partial charge in [-0.1, -0.05) is 20.4 Å². The Morgan fingerprint density at radius 1 is 0.970 bits per heavy atom. The highest BCUT2D eigenvalue weighted by molar-refractivity contribution is 6.06. The number of aliphatic hydroxyl groups is 1. The van der Waals surface area contributed by atoms with Crippen molar-refractivity contribution in [2.24, 2.45) is 12.5 Å². The summed E-state index contributed by atoms with van der Waals surface area (Å²) in [6.07, 6.45) is 4.48. The Labute approximate surface area is 386 Å². The molecular weight excluding hydrogens is 864 g/mol. The molecule has 0 bridgehead atoms. The summed E-state index contributed by atoms with van der Waals surface area (Å²) < 4.78 is 43.8. The predicted molar refractivity (Wildman–Crippen MR) is 252 cm³/mol. The number of benzene rings is 1. The van der Waals surface area contributed by atoms with Gasteiger partial charge in [0.2, 0.25) is 5.91 Å². The molecule has 3 N–H and O–H groups in total. The number of aryl methyl sites for hydroxylation is 1. The van der Waals surface area contributed by atoms with Gasteiger partial charge in [-0.25, -0.2) is 9.97 Å². The summed E-state index contributed by atoms with van der Waals surface area (Å²) in [5.74, 6) is -0.247. The Kier molecular flexibility index (Phi) is 12.0. The highest BCUT2D eigenvalue weighted by Crippen LogP contribution is 2.41. The predicted octanol–water partition coefficient (Wildman–Crippen LogP) is 6.77. The second-order valence-corrected chi connectivity index (χ2v) is 19.0. The van der Waals surface area contributed by atoms with Crippen LogP contribution in [0.1, 0.15) is 73.5 Å². The van der Waals surface area contributed by atoms with Crippen LogP contribution in [0, 0.1) is 5.41 Å². The molecule has 1 unspecified atom stereocenters. The smallest absolute Gasteiger partial charge is 0.392 e. The molecule has 15 nitrogen and oxygen atoms in total. The third kappa shape index (κ3) is 8.79. The van der Waals surface area contributed by atoms with E-state index in [4.69, 9.17) is 4.98 Å². The maximum atomic E-state index is 14.0. The van der Waals surface area contributed by atoms with Crippen molar-refractivity contribution in [1.82, 2.24) is 29.0 Å². The SMILES string of the molecule is C=CC(=O)Nc1cc(Nc2nc(-c3ccnc(N4CCn5c(cc6c5CC(C)(C)C6)C4=O)c3CO)cn(C)c2=O)ccc1N1CCN(C2CCN(c3ccnc(C(F)(F)F)c3)[C@H](C)C2)C[C@@H]1C. The molecule has 4 aromatic heterocycles. The highest BCUT2D eigenvalue weighted by atomic mass is 19.4. The number of anilines is 6. The lowest BCUT2D eigenvalue weighted by atomic mass is 9.90. The number of carbonyl (C=O) groups excluding carboxylic acids is 2. The molecule has 0 saturated carbocycles. The number of carbonyl (C=O) groups is 2. The highest BCUT2D eigenvalue weighted by Gasteiger charge is 2.39. The number of piperidine rings is 1. The zero-order valence-corrected chi connectivity index (χ0v) is 38.4. The van der Waals surface area contributed by atoms with Gasteiger partial charge in [-0.05, 0) is 99.0 Å². The zero-order chi connectivity index (χ0) is 47.5. The lowest BCUT2D eigenvalue weighted by Crippen LogP contribution is -2.58. The summed E-state index contributed by atoms with van der Waals surface area (Å²) in [6, 6.07) is 12.2. The number of amides is 2. The monoisotopic (exact) mass is 919 g/mol. The van der Waals surface area contributed by atoms with Crippen molar-refractivity contribution < 1.29 is 27.9 Å². The van der Waals surface area contributed by atoms with E-state index in [0.717, 1.165) is 50.5 Å². The first-order valence-electron chi connectivity index (χ1n) is 22.8. The number of aliphatic hydroxyl groups excluding tert-OH is 1. The van der Waals surface area contributed by atoms with E-state index in [0.29, 0.717) is 71.6 Å². The quantitative estimate of drug-likeness (QED) is 0.127. The number of fused-ring (bicyclic) bond motifs is 3.